The summed E-state index contributed by atoms with van der Waals surface area (Å²) in [4.78, 5) is 5.51. The Morgan fingerprint density at radius 3 is 2.85 bits per heavy atom. The first-order chi connectivity index (χ1) is 19.2. The number of phenols is 1. The normalized spacial score (nSPS) is 17.7. The Balaban J connectivity index is 1.18. The van der Waals surface area contributed by atoms with Gasteiger partial charge >= 0.3 is 0 Å². The standard InChI is InChI=1S/C31H31N5O3/c32-9-8-26(23-12-28(33-14-23)24-15-34-36(17-24)25-18-38-19-25)27-2-1-3-29(31(27)37)35-10-11-39-30-13-21(20-4-5-20)6-7-22(30)16-35/h1-3,6-9,12-15,17,20,25,32-33,37H,4-5,10-11,16,18-19H2/b26-8+,32-9?. The van der Waals surface area contributed by atoms with Gasteiger partial charge in [-0.15, -0.1) is 0 Å². The summed E-state index contributed by atoms with van der Waals surface area (Å²) in [5.74, 6) is 1.83. The van der Waals surface area contributed by atoms with Gasteiger partial charge in [-0.25, -0.2) is 0 Å². The highest BCUT2D eigenvalue weighted by atomic mass is 16.5. The van der Waals surface area contributed by atoms with E-state index in [0.717, 1.165) is 39.4 Å². The summed E-state index contributed by atoms with van der Waals surface area (Å²) in [5.41, 5.74) is 7.49. The van der Waals surface area contributed by atoms with Crippen LogP contribution in [0.5, 0.6) is 11.5 Å². The number of ether oxygens (including phenoxy) is 2. The Bertz CT molecular complexity index is 1560. The second-order valence-electron chi connectivity index (χ2n) is 10.5. The zero-order valence-corrected chi connectivity index (χ0v) is 21.6. The number of aromatic nitrogens is 3. The van der Waals surface area contributed by atoms with Crippen molar-refractivity contribution < 1.29 is 14.6 Å². The fourth-order valence-electron chi connectivity index (χ4n) is 5.46. The second kappa shape index (κ2) is 9.78. The van der Waals surface area contributed by atoms with Crippen LogP contribution in [0.25, 0.3) is 16.8 Å². The molecule has 4 heterocycles. The summed E-state index contributed by atoms with van der Waals surface area (Å²) in [5, 5.41) is 23.9. The molecule has 2 aromatic carbocycles. The van der Waals surface area contributed by atoms with E-state index in [9.17, 15) is 5.11 Å². The van der Waals surface area contributed by atoms with Crippen molar-refractivity contribution in [1.82, 2.24) is 14.8 Å². The van der Waals surface area contributed by atoms with Gasteiger partial charge in [0.15, 0.2) is 0 Å². The molecule has 0 amide bonds. The molecule has 7 rings (SSSR count). The predicted octanol–water partition coefficient (Wildman–Crippen LogP) is 5.51. The first-order valence-electron chi connectivity index (χ1n) is 13.5. The van der Waals surface area contributed by atoms with Gasteiger partial charge in [0.2, 0.25) is 0 Å². The maximum absolute atomic E-state index is 11.6. The fourth-order valence-corrected chi connectivity index (χ4v) is 5.46. The average molecular weight is 522 g/mol. The molecule has 2 aromatic heterocycles. The minimum absolute atomic E-state index is 0.198. The number of hydrogen-bond donors (Lipinski definition) is 3. The third-order valence-electron chi connectivity index (χ3n) is 7.92. The Morgan fingerprint density at radius 1 is 1.15 bits per heavy atom. The number of fused-ring (bicyclic) bond motifs is 1. The number of allylic oxidation sites excluding steroid dienone is 1. The molecule has 8 heteroatoms. The van der Waals surface area contributed by atoms with Crippen molar-refractivity contribution in [2.45, 2.75) is 31.3 Å². The molecule has 0 atom stereocenters. The quantitative estimate of drug-likeness (QED) is 0.279. The van der Waals surface area contributed by atoms with E-state index in [0.29, 0.717) is 44.4 Å². The number of benzene rings is 2. The Kier molecular flexibility index (Phi) is 5.97. The molecule has 3 aliphatic rings. The lowest BCUT2D eigenvalue weighted by Gasteiger charge is -2.25. The van der Waals surface area contributed by atoms with Gasteiger partial charge in [-0.2, -0.15) is 5.10 Å². The van der Waals surface area contributed by atoms with E-state index in [4.69, 9.17) is 14.9 Å². The maximum Gasteiger partial charge on any atom is 0.146 e. The molecular weight excluding hydrogens is 490 g/mol. The molecule has 0 spiro atoms. The maximum atomic E-state index is 11.6. The molecule has 8 nitrogen and oxygen atoms in total. The average Bonchev–Trinajstić information content (AvgIpc) is 3.53. The Hall–Kier alpha value is -4.30. The van der Waals surface area contributed by atoms with Crippen LogP contribution < -0.4 is 9.64 Å². The van der Waals surface area contributed by atoms with E-state index in [2.05, 4.69) is 33.2 Å². The van der Waals surface area contributed by atoms with Crippen molar-refractivity contribution in [1.29, 1.82) is 5.41 Å². The van der Waals surface area contributed by atoms with Gasteiger partial charge in [-0.1, -0.05) is 24.3 Å². The van der Waals surface area contributed by atoms with Crippen LogP contribution in [0.1, 0.15) is 47.1 Å². The van der Waals surface area contributed by atoms with Crippen LogP contribution >= 0.6 is 0 Å². The number of H-pyrrole nitrogens is 1. The SMILES string of the molecule is N=C/C=C(\c1c[nH]c(-c2cnn(C3COC3)c2)c1)c1cccc(N2CCOc3cc(C4CC4)ccc3C2)c1O. The molecule has 3 N–H and O–H groups in total. The van der Waals surface area contributed by atoms with Crippen LogP contribution in [0.15, 0.2) is 67.1 Å². The van der Waals surface area contributed by atoms with E-state index < -0.39 is 0 Å². The molecule has 39 heavy (non-hydrogen) atoms. The highest BCUT2D eigenvalue weighted by Crippen LogP contribution is 2.43. The number of aromatic amines is 1. The summed E-state index contributed by atoms with van der Waals surface area (Å²) in [6.45, 7) is 3.25. The highest BCUT2D eigenvalue weighted by Gasteiger charge is 2.26. The van der Waals surface area contributed by atoms with Crippen molar-refractivity contribution in [3.8, 4) is 22.8 Å². The zero-order valence-electron chi connectivity index (χ0n) is 21.6. The van der Waals surface area contributed by atoms with Gasteiger partial charge < -0.3 is 29.9 Å². The van der Waals surface area contributed by atoms with Crippen molar-refractivity contribution in [3.05, 3.63) is 89.4 Å². The fraction of sp³-hybridized carbons (Fsp3) is 0.290. The number of anilines is 1. The van der Waals surface area contributed by atoms with Crippen molar-refractivity contribution in [3.63, 3.8) is 0 Å². The first-order valence-corrected chi connectivity index (χ1v) is 13.5. The van der Waals surface area contributed by atoms with E-state index >= 15 is 0 Å². The van der Waals surface area contributed by atoms with Gasteiger partial charge in [-0.05, 0) is 54.2 Å². The van der Waals surface area contributed by atoms with E-state index in [-0.39, 0.29) is 11.8 Å². The molecule has 1 saturated carbocycles. The van der Waals surface area contributed by atoms with Crippen LogP contribution in [0.2, 0.25) is 0 Å². The topological polar surface area (TPSA) is 99.4 Å². The van der Waals surface area contributed by atoms with Gasteiger partial charge in [-0.3, -0.25) is 4.68 Å². The lowest BCUT2D eigenvalue weighted by atomic mass is 9.97. The van der Waals surface area contributed by atoms with Crippen molar-refractivity contribution in [2.24, 2.45) is 0 Å². The number of para-hydroxylation sites is 1. The minimum atomic E-state index is 0.198. The monoisotopic (exact) mass is 521 g/mol. The third kappa shape index (κ3) is 4.51. The molecule has 0 radical (unpaired) electrons. The lowest BCUT2D eigenvalue weighted by molar-refractivity contribution is -0.0286. The van der Waals surface area contributed by atoms with E-state index in [1.54, 1.807) is 6.08 Å². The first kappa shape index (κ1) is 23.8. The molecule has 0 bridgehead atoms. The molecule has 198 valence electrons. The number of rotatable bonds is 7. The van der Waals surface area contributed by atoms with Crippen molar-refractivity contribution in [2.75, 3.05) is 31.3 Å². The largest absolute Gasteiger partial charge is 0.505 e. The zero-order chi connectivity index (χ0) is 26.3. The van der Waals surface area contributed by atoms with Gasteiger partial charge in [0.05, 0.1) is 37.7 Å². The van der Waals surface area contributed by atoms with Crippen LogP contribution in [0.4, 0.5) is 5.69 Å². The Morgan fingerprint density at radius 2 is 2.05 bits per heavy atom. The molecular formula is C31H31N5O3. The van der Waals surface area contributed by atoms with Crippen molar-refractivity contribution >= 4 is 17.5 Å². The summed E-state index contributed by atoms with van der Waals surface area (Å²) in [6.07, 6.45) is 11.3. The third-order valence-corrected chi connectivity index (χ3v) is 7.92. The van der Waals surface area contributed by atoms with Crippen LogP contribution in [-0.2, 0) is 11.3 Å². The smallest absolute Gasteiger partial charge is 0.146 e. The van der Waals surface area contributed by atoms with Gasteiger partial charge in [0, 0.05) is 53.1 Å². The summed E-state index contributed by atoms with van der Waals surface area (Å²) >= 11 is 0. The van der Waals surface area contributed by atoms with Crippen LogP contribution in [0, 0.1) is 5.41 Å². The number of phenolic OH excluding ortho intramolecular Hbond substituents is 1. The van der Waals surface area contributed by atoms with Gasteiger partial charge in [0.25, 0.3) is 0 Å². The van der Waals surface area contributed by atoms with E-state index in [1.165, 1.54) is 24.6 Å². The van der Waals surface area contributed by atoms with E-state index in [1.807, 2.05) is 47.5 Å². The highest BCUT2D eigenvalue weighted by molar-refractivity contribution is 5.94. The number of nitrogens with zero attached hydrogens (tertiary/aromatic N) is 3. The van der Waals surface area contributed by atoms with Crippen LogP contribution in [0.3, 0.4) is 0 Å². The number of aromatic hydroxyl groups is 1. The Labute approximate surface area is 227 Å². The van der Waals surface area contributed by atoms with Gasteiger partial charge in [0.1, 0.15) is 18.1 Å². The molecule has 4 aromatic rings. The summed E-state index contributed by atoms with van der Waals surface area (Å²) < 4.78 is 13.4. The molecule has 1 saturated heterocycles. The molecule has 1 aliphatic carbocycles. The molecule has 2 fully saturated rings. The predicted molar refractivity (Wildman–Crippen MR) is 151 cm³/mol. The molecule has 2 aliphatic heterocycles. The number of nitrogens with one attached hydrogen (secondary N) is 2. The summed E-state index contributed by atoms with van der Waals surface area (Å²) in [6, 6.07) is 14.7. The second-order valence-corrected chi connectivity index (χ2v) is 10.5. The van der Waals surface area contributed by atoms with Crippen LogP contribution in [-0.4, -0.2) is 52.5 Å². The molecule has 0 unspecified atom stereocenters. The summed E-state index contributed by atoms with van der Waals surface area (Å²) in [7, 11) is 0. The minimum Gasteiger partial charge on any atom is -0.505 e. The lowest BCUT2D eigenvalue weighted by Crippen LogP contribution is -2.30. The number of hydrogen-bond acceptors (Lipinski definition) is 6.